The van der Waals surface area contributed by atoms with E-state index in [9.17, 15) is 4.79 Å². The number of benzene rings is 1. The molecule has 0 unspecified atom stereocenters. The highest BCUT2D eigenvalue weighted by atomic mass is 32.2. The number of oxazole rings is 1. The first-order valence-electron chi connectivity index (χ1n) is 7.33. The zero-order valence-corrected chi connectivity index (χ0v) is 14.4. The number of amides is 1. The molecule has 0 saturated carbocycles. The fourth-order valence-electron chi connectivity index (χ4n) is 2.20. The number of carbonyl (C=O) groups is 1. The van der Waals surface area contributed by atoms with Gasteiger partial charge in [-0.05, 0) is 25.5 Å². The number of hydrogen-bond acceptors (Lipinski definition) is 6. The Morgan fingerprint density at radius 2 is 2.17 bits per heavy atom. The number of carbonyl (C=O) groups excluding carboxylic acids is 1. The summed E-state index contributed by atoms with van der Waals surface area (Å²) in [4.78, 5) is 20.9. The van der Waals surface area contributed by atoms with E-state index in [4.69, 9.17) is 10.2 Å². The Kier molecular flexibility index (Phi) is 4.97. The van der Waals surface area contributed by atoms with Crippen LogP contribution in [0.5, 0.6) is 0 Å². The molecular weight excluding hydrogens is 330 g/mol. The molecule has 0 atom stereocenters. The van der Waals surface area contributed by atoms with E-state index >= 15 is 0 Å². The van der Waals surface area contributed by atoms with Crippen LogP contribution in [0.25, 0.3) is 11.1 Å². The number of primary amides is 1. The first-order chi connectivity index (χ1) is 11.1. The SMILES string of the molecule is Cc1nc(SCCCc2nc3ccccc3o2)sc1CC(N)=O. The lowest BCUT2D eigenvalue weighted by Gasteiger charge is -1.95. The van der Waals surface area contributed by atoms with Crippen molar-refractivity contribution in [3.63, 3.8) is 0 Å². The largest absolute Gasteiger partial charge is 0.441 e. The predicted octanol–water partition coefficient (Wildman–Crippen LogP) is 3.35. The Labute approximate surface area is 142 Å². The van der Waals surface area contributed by atoms with Crippen molar-refractivity contribution in [2.45, 2.75) is 30.5 Å². The van der Waals surface area contributed by atoms with Crippen molar-refractivity contribution >= 4 is 40.1 Å². The molecule has 0 fully saturated rings. The van der Waals surface area contributed by atoms with Gasteiger partial charge in [-0.3, -0.25) is 4.79 Å². The van der Waals surface area contributed by atoms with E-state index in [1.54, 1.807) is 23.1 Å². The Balaban J connectivity index is 1.50. The van der Waals surface area contributed by atoms with Crippen LogP contribution in [0, 0.1) is 6.92 Å². The monoisotopic (exact) mass is 347 g/mol. The Morgan fingerprint density at radius 3 is 2.96 bits per heavy atom. The molecule has 0 aliphatic carbocycles. The summed E-state index contributed by atoms with van der Waals surface area (Å²) in [5, 5.41) is 0. The van der Waals surface area contributed by atoms with E-state index in [1.165, 1.54) is 0 Å². The summed E-state index contributed by atoms with van der Waals surface area (Å²) >= 11 is 3.24. The number of para-hydroxylation sites is 2. The second-order valence-electron chi connectivity index (χ2n) is 5.16. The number of rotatable bonds is 7. The van der Waals surface area contributed by atoms with Crippen LogP contribution >= 0.6 is 23.1 Å². The van der Waals surface area contributed by atoms with Gasteiger partial charge in [0, 0.05) is 17.1 Å². The third-order valence-electron chi connectivity index (χ3n) is 3.31. The van der Waals surface area contributed by atoms with Gasteiger partial charge in [-0.1, -0.05) is 23.9 Å². The number of aryl methyl sites for hydroxylation is 2. The normalized spacial score (nSPS) is 11.2. The Bertz CT molecular complexity index is 793. The van der Waals surface area contributed by atoms with Gasteiger partial charge in [0.1, 0.15) is 9.86 Å². The van der Waals surface area contributed by atoms with Crippen molar-refractivity contribution in [1.29, 1.82) is 0 Å². The van der Waals surface area contributed by atoms with E-state index in [2.05, 4.69) is 9.97 Å². The summed E-state index contributed by atoms with van der Waals surface area (Å²) in [6.45, 7) is 1.91. The standard InChI is InChI=1S/C16H17N3O2S2/c1-10-13(9-14(17)20)23-16(18-10)22-8-4-7-15-19-11-5-2-3-6-12(11)21-15/h2-3,5-6H,4,7-9H2,1H3,(H2,17,20). The molecule has 1 aromatic carbocycles. The summed E-state index contributed by atoms with van der Waals surface area (Å²) in [5.41, 5.74) is 7.87. The van der Waals surface area contributed by atoms with E-state index in [-0.39, 0.29) is 12.3 Å². The molecule has 2 N–H and O–H groups in total. The fraction of sp³-hybridized carbons (Fsp3) is 0.312. The molecule has 5 nitrogen and oxygen atoms in total. The van der Waals surface area contributed by atoms with Crippen LogP contribution < -0.4 is 5.73 Å². The zero-order valence-electron chi connectivity index (χ0n) is 12.7. The molecule has 0 spiro atoms. The van der Waals surface area contributed by atoms with Crippen LogP contribution in [0.2, 0.25) is 0 Å². The van der Waals surface area contributed by atoms with Crippen LogP contribution in [0.3, 0.4) is 0 Å². The lowest BCUT2D eigenvalue weighted by atomic mass is 10.3. The molecule has 2 aromatic heterocycles. The summed E-state index contributed by atoms with van der Waals surface area (Å²) in [5.74, 6) is 1.39. The quantitative estimate of drug-likeness (QED) is 0.523. The van der Waals surface area contributed by atoms with Crippen LogP contribution in [0.4, 0.5) is 0 Å². The number of fused-ring (bicyclic) bond motifs is 1. The number of thiazole rings is 1. The van der Waals surface area contributed by atoms with E-state index in [0.29, 0.717) is 0 Å². The van der Waals surface area contributed by atoms with Gasteiger partial charge in [0.25, 0.3) is 0 Å². The van der Waals surface area contributed by atoms with Crippen LogP contribution in [0.1, 0.15) is 22.9 Å². The average molecular weight is 347 g/mol. The smallest absolute Gasteiger partial charge is 0.222 e. The van der Waals surface area contributed by atoms with Gasteiger partial charge in [-0.15, -0.1) is 11.3 Å². The molecule has 23 heavy (non-hydrogen) atoms. The van der Waals surface area contributed by atoms with Crippen molar-refractivity contribution in [3.05, 3.63) is 40.7 Å². The molecule has 0 aliphatic heterocycles. The van der Waals surface area contributed by atoms with Crippen molar-refractivity contribution in [1.82, 2.24) is 9.97 Å². The molecule has 3 aromatic rings. The number of hydrogen-bond donors (Lipinski definition) is 1. The number of nitrogens with zero attached hydrogens (tertiary/aromatic N) is 2. The lowest BCUT2D eigenvalue weighted by Crippen LogP contribution is -2.13. The Morgan fingerprint density at radius 1 is 1.35 bits per heavy atom. The van der Waals surface area contributed by atoms with Gasteiger partial charge < -0.3 is 10.2 Å². The van der Waals surface area contributed by atoms with Gasteiger partial charge in [0.15, 0.2) is 11.5 Å². The van der Waals surface area contributed by atoms with E-state index in [1.807, 2.05) is 31.2 Å². The third kappa shape index (κ3) is 4.11. The molecule has 1 amide bonds. The van der Waals surface area contributed by atoms with Gasteiger partial charge in [0.05, 0.1) is 12.1 Å². The van der Waals surface area contributed by atoms with Gasteiger partial charge >= 0.3 is 0 Å². The van der Waals surface area contributed by atoms with Crippen molar-refractivity contribution in [3.8, 4) is 0 Å². The molecule has 7 heteroatoms. The minimum Gasteiger partial charge on any atom is -0.441 e. The second-order valence-corrected chi connectivity index (χ2v) is 7.58. The maximum Gasteiger partial charge on any atom is 0.222 e. The predicted molar refractivity (Wildman–Crippen MR) is 92.8 cm³/mol. The summed E-state index contributed by atoms with van der Waals surface area (Å²) in [6.07, 6.45) is 2.04. The van der Waals surface area contributed by atoms with Crippen LogP contribution in [-0.4, -0.2) is 21.6 Å². The van der Waals surface area contributed by atoms with Crippen LogP contribution in [-0.2, 0) is 17.6 Å². The number of aromatic nitrogens is 2. The number of nitrogens with two attached hydrogens (primary N) is 1. The maximum atomic E-state index is 11.0. The van der Waals surface area contributed by atoms with E-state index < -0.39 is 0 Å². The third-order valence-corrected chi connectivity index (χ3v) is 5.69. The minimum atomic E-state index is -0.316. The zero-order chi connectivity index (χ0) is 16.2. The highest BCUT2D eigenvalue weighted by Crippen LogP contribution is 2.28. The van der Waals surface area contributed by atoms with E-state index in [0.717, 1.165) is 50.5 Å². The summed E-state index contributed by atoms with van der Waals surface area (Å²) in [7, 11) is 0. The first-order valence-corrected chi connectivity index (χ1v) is 9.14. The highest BCUT2D eigenvalue weighted by Gasteiger charge is 2.10. The lowest BCUT2D eigenvalue weighted by molar-refractivity contribution is -0.117. The number of thioether (sulfide) groups is 1. The maximum absolute atomic E-state index is 11.0. The van der Waals surface area contributed by atoms with Crippen LogP contribution in [0.15, 0.2) is 33.0 Å². The summed E-state index contributed by atoms with van der Waals surface area (Å²) in [6, 6.07) is 7.79. The fourth-order valence-corrected chi connectivity index (χ4v) is 4.45. The topological polar surface area (TPSA) is 82.0 Å². The minimum absolute atomic E-state index is 0.271. The average Bonchev–Trinajstić information content (AvgIpc) is 3.06. The highest BCUT2D eigenvalue weighted by molar-refractivity contribution is 8.01. The molecule has 120 valence electrons. The van der Waals surface area contributed by atoms with Gasteiger partial charge in [0.2, 0.25) is 5.91 Å². The Hall–Kier alpha value is -1.86. The molecule has 0 aliphatic rings. The van der Waals surface area contributed by atoms with Crippen molar-refractivity contribution < 1.29 is 9.21 Å². The molecule has 2 heterocycles. The molecule has 0 radical (unpaired) electrons. The molecule has 0 bridgehead atoms. The molecule has 3 rings (SSSR count). The van der Waals surface area contributed by atoms with Gasteiger partial charge in [-0.2, -0.15) is 0 Å². The molecular formula is C16H17N3O2S2. The summed E-state index contributed by atoms with van der Waals surface area (Å²) < 4.78 is 6.69. The second kappa shape index (κ2) is 7.14. The van der Waals surface area contributed by atoms with Gasteiger partial charge in [-0.25, -0.2) is 9.97 Å². The van der Waals surface area contributed by atoms with Crippen molar-refractivity contribution in [2.75, 3.05) is 5.75 Å². The van der Waals surface area contributed by atoms with Crippen molar-refractivity contribution in [2.24, 2.45) is 5.73 Å². The first kappa shape index (κ1) is 16.0. The molecule has 0 saturated heterocycles.